The van der Waals surface area contributed by atoms with Crippen LogP contribution in [0.25, 0.3) is 78.3 Å². The number of rotatable bonds is 13. The van der Waals surface area contributed by atoms with Gasteiger partial charge in [-0.2, -0.15) is 0 Å². The van der Waals surface area contributed by atoms with Crippen molar-refractivity contribution in [3.63, 3.8) is 0 Å². The second-order valence-electron chi connectivity index (χ2n) is 18.5. The molecule has 0 bridgehead atoms. The van der Waals surface area contributed by atoms with Gasteiger partial charge in [-0.05, 0) is 121 Å². The fourth-order valence-corrected chi connectivity index (χ4v) is 8.88. The van der Waals surface area contributed by atoms with Gasteiger partial charge in [0.25, 0.3) is 0 Å². The van der Waals surface area contributed by atoms with Crippen LogP contribution in [0.2, 0.25) is 0 Å². The highest BCUT2D eigenvalue weighted by Gasteiger charge is 2.28. The molecule has 3 heterocycles. The van der Waals surface area contributed by atoms with Crippen LogP contribution in [0.4, 0.5) is 17.6 Å². The van der Waals surface area contributed by atoms with Gasteiger partial charge in [-0.15, -0.1) is 0 Å². The standard InChI is InChI=1S/C63H47F4N3O2/c1-62(2,45-23-29-59(68-37-45)53-27-25-47(64)33-57(53)66)71-49-31-44(32-50(35-49)72-63(3,4)46-24-30-60(69-38-46)54-28-26-48(65)34-58(54)67)51-17-11-12-18-52(51)56-39-70-61(43-15-9-6-10-16-43)36-55(56)42-21-19-41(20-22-42)40-13-7-5-8-14-40/h5-39H,1-4H3. The van der Waals surface area contributed by atoms with Gasteiger partial charge < -0.3 is 9.47 Å². The maximum absolute atomic E-state index is 14.8. The summed E-state index contributed by atoms with van der Waals surface area (Å²) < 4.78 is 70.8. The van der Waals surface area contributed by atoms with Gasteiger partial charge in [-0.3, -0.25) is 15.0 Å². The largest absolute Gasteiger partial charge is 0.483 e. The summed E-state index contributed by atoms with van der Waals surface area (Å²) in [4.78, 5) is 14.2. The van der Waals surface area contributed by atoms with Crippen LogP contribution in [0.3, 0.4) is 0 Å². The lowest BCUT2D eigenvalue weighted by Crippen LogP contribution is -2.26. The first-order chi connectivity index (χ1) is 34.8. The predicted molar refractivity (Wildman–Crippen MR) is 278 cm³/mol. The Morgan fingerprint density at radius 3 is 1.28 bits per heavy atom. The maximum Gasteiger partial charge on any atom is 0.135 e. The average molecular weight is 954 g/mol. The van der Waals surface area contributed by atoms with E-state index in [1.807, 2.05) is 113 Å². The molecular formula is C63H47F4N3O2. The zero-order chi connectivity index (χ0) is 50.0. The molecule has 10 rings (SSSR count). The molecule has 0 saturated heterocycles. The molecule has 0 radical (unpaired) electrons. The predicted octanol–water partition coefficient (Wildman–Crippen LogP) is 16.7. The van der Waals surface area contributed by atoms with Crippen LogP contribution >= 0.6 is 0 Å². The SMILES string of the molecule is CC(C)(Oc1cc(OC(C)(C)c2ccc(-c3ccc(F)cc3F)nc2)cc(-c2ccccc2-c2cnc(-c3ccccc3)cc2-c2ccc(-c3ccccc3)cc2)c1)c1ccc(-c2ccc(F)cc2F)nc1. The molecular weight excluding hydrogens is 907 g/mol. The van der Waals surface area contributed by atoms with E-state index >= 15 is 0 Å². The second-order valence-corrected chi connectivity index (χ2v) is 18.5. The van der Waals surface area contributed by atoms with Crippen molar-refractivity contribution >= 4 is 0 Å². The topological polar surface area (TPSA) is 57.1 Å². The molecule has 9 heteroatoms. The number of pyridine rings is 3. The monoisotopic (exact) mass is 953 g/mol. The molecule has 0 atom stereocenters. The third-order valence-corrected chi connectivity index (χ3v) is 12.8. The van der Waals surface area contributed by atoms with Gasteiger partial charge in [0.15, 0.2) is 0 Å². The van der Waals surface area contributed by atoms with E-state index in [1.54, 1.807) is 24.5 Å². The molecule has 10 aromatic rings. The number of benzene rings is 7. The van der Waals surface area contributed by atoms with Gasteiger partial charge >= 0.3 is 0 Å². The normalized spacial score (nSPS) is 11.6. The van der Waals surface area contributed by atoms with Gasteiger partial charge in [0.1, 0.15) is 46.0 Å². The minimum Gasteiger partial charge on any atom is -0.483 e. The van der Waals surface area contributed by atoms with Crippen molar-refractivity contribution in [3.8, 4) is 89.8 Å². The Balaban J connectivity index is 1.06. The minimum absolute atomic E-state index is 0.183. The quantitative estimate of drug-likeness (QED) is 0.108. The Hall–Kier alpha value is -8.69. The van der Waals surface area contributed by atoms with Crippen LogP contribution < -0.4 is 9.47 Å². The van der Waals surface area contributed by atoms with Gasteiger partial charge in [0.2, 0.25) is 0 Å². The third-order valence-electron chi connectivity index (χ3n) is 12.8. The van der Waals surface area contributed by atoms with E-state index in [4.69, 9.17) is 14.5 Å². The van der Waals surface area contributed by atoms with E-state index in [0.717, 1.165) is 67.9 Å². The molecule has 0 amide bonds. The van der Waals surface area contributed by atoms with Crippen LogP contribution in [0.5, 0.6) is 11.5 Å². The van der Waals surface area contributed by atoms with Crippen LogP contribution in [0.15, 0.2) is 213 Å². The van der Waals surface area contributed by atoms with E-state index in [1.165, 1.54) is 24.3 Å². The first kappa shape index (κ1) is 47.0. The smallest absolute Gasteiger partial charge is 0.135 e. The van der Waals surface area contributed by atoms with E-state index in [2.05, 4.69) is 76.7 Å². The minimum atomic E-state index is -0.969. The molecule has 7 aromatic carbocycles. The second kappa shape index (κ2) is 19.6. The fraction of sp³-hybridized carbons (Fsp3) is 0.0952. The molecule has 0 aliphatic carbocycles. The number of hydrogen-bond donors (Lipinski definition) is 0. The van der Waals surface area contributed by atoms with Crippen molar-refractivity contribution in [3.05, 3.63) is 247 Å². The van der Waals surface area contributed by atoms with Crippen molar-refractivity contribution in [1.29, 1.82) is 0 Å². The molecule has 0 N–H and O–H groups in total. The van der Waals surface area contributed by atoms with E-state index in [-0.39, 0.29) is 11.1 Å². The van der Waals surface area contributed by atoms with Crippen LogP contribution in [-0.4, -0.2) is 15.0 Å². The van der Waals surface area contributed by atoms with Crippen molar-refractivity contribution in [2.45, 2.75) is 38.9 Å². The summed E-state index contributed by atoms with van der Waals surface area (Å²) in [5, 5.41) is 0. The van der Waals surface area contributed by atoms with Crippen molar-refractivity contribution in [1.82, 2.24) is 15.0 Å². The van der Waals surface area contributed by atoms with Crippen molar-refractivity contribution in [2.24, 2.45) is 0 Å². The Morgan fingerprint density at radius 1 is 0.319 bits per heavy atom. The third kappa shape index (κ3) is 10.0. The molecule has 5 nitrogen and oxygen atoms in total. The summed E-state index contributed by atoms with van der Waals surface area (Å²) >= 11 is 0. The maximum atomic E-state index is 14.8. The summed E-state index contributed by atoms with van der Waals surface area (Å²) in [6.45, 7) is 7.67. The Bertz CT molecular complexity index is 3420. The lowest BCUT2D eigenvalue weighted by molar-refractivity contribution is 0.0989. The molecule has 0 saturated carbocycles. The summed E-state index contributed by atoms with van der Waals surface area (Å²) in [6.07, 6.45) is 5.20. The summed E-state index contributed by atoms with van der Waals surface area (Å²) in [5.74, 6) is -1.77. The van der Waals surface area contributed by atoms with Gasteiger partial charge in [0, 0.05) is 70.2 Å². The average Bonchev–Trinajstić information content (AvgIpc) is 3.39. The number of hydrogen-bond acceptors (Lipinski definition) is 5. The number of halogens is 4. The summed E-state index contributed by atoms with van der Waals surface area (Å²) in [5.41, 5.74) is 10.2. The lowest BCUT2D eigenvalue weighted by atomic mass is 9.89. The highest BCUT2D eigenvalue weighted by molar-refractivity contribution is 5.93. The Morgan fingerprint density at radius 2 is 0.778 bits per heavy atom. The van der Waals surface area contributed by atoms with Crippen LogP contribution in [0, 0.1) is 23.3 Å². The molecule has 72 heavy (non-hydrogen) atoms. The first-order valence-electron chi connectivity index (χ1n) is 23.5. The zero-order valence-electron chi connectivity index (χ0n) is 39.9. The number of aromatic nitrogens is 3. The molecule has 0 unspecified atom stereocenters. The summed E-state index contributed by atoms with van der Waals surface area (Å²) in [7, 11) is 0. The van der Waals surface area contributed by atoms with E-state index < -0.39 is 34.5 Å². The fourth-order valence-electron chi connectivity index (χ4n) is 8.88. The molecule has 0 aliphatic heterocycles. The molecule has 0 spiro atoms. The van der Waals surface area contributed by atoms with Gasteiger partial charge in [0.05, 0.1) is 17.1 Å². The molecule has 354 valence electrons. The Labute approximate surface area is 416 Å². The molecule has 3 aromatic heterocycles. The van der Waals surface area contributed by atoms with Gasteiger partial charge in [-0.1, -0.05) is 121 Å². The van der Waals surface area contributed by atoms with Crippen molar-refractivity contribution in [2.75, 3.05) is 0 Å². The van der Waals surface area contributed by atoms with Crippen LogP contribution in [-0.2, 0) is 11.2 Å². The number of nitrogens with zero attached hydrogens (tertiary/aromatic N) is 3. The first-order valence-corrected chi connectivity index (χ1v) is 23.5. The highest BCUT2D eigenvalue weighted by atomic mass is 19.1. The Kier molecular flexibility index (Phi) is 12.8. The molecule has 0 fully saturated rings. The van der Waals surface area contributed by atoms with Crippen molar-refractivity contribution < 1.29 is 27.0 Å². The molecule has 0 aliphatic rings. The lowest BCUT2D eigenvalue weighted by Gasteiger charge is -2.30. The van der Waals surface area contributed by atoms with Crippen LogP contribution in [0.1, 0.15) is 38.8 Å². The zero-order valence-corrected chi connectivity index (χ0v) is 39.9. The number of ether oxygens (including phenoxy) is 2. The van der Waals surface area contributed by atoms with E-state index in [9.17, 15) is 17.6 Å². The van der Waals surface area contributed by atoms with Gasteiger partial charge in [-0.25, -0.2) is 17.6 Å². The highest BCUT2D eigenvalue weighted by Crippen LogP contribution is 2.43. The van der Waals surface area contributed by atoms with E-state index in [0.29, 0.717) is 34.0 Å². The summed E-state index contributed by atoms with van der Waals surface area (Å²) in [6, 6.07) is 58.9.